The van der Waals surface area contributed by atoms with Crippen LogP contribution in [0.1, 0.15) is 30.8 Å². The zero-order valence-electron chi connectivity index (χ0n) is 12.1. The van der Waals surface area contributed by atoms with Gasteiger partial charge < -0.3 is 5.32 Å². The van der Waals surface area contributed by atoms with E-state index in [0.29, 0.717) is 0 Å². The number of nitrogens with zero attached hydrogens (tertiary/aromatic N) is 2. The third kappa shape index (κ3) is 3.11. The summed E-state index contributed by atoms with van der Waals surface area (Å²) in [7, 11) is 0. The molecule has 1 aromatic heterocycles. The van der Waals surface area contributed by atoms with E-state index >= 15 is 0 Å². The highest BCUT2D eigenvalue weighted by molar-refractivity contribution is 5.66. The molecule has 0 aliphatic rings. The van der Waals surface area contributed by atoms with Crippen molar-refractivity contribution in [3.8, 4) is 11.3 Å². The molecule has 1 N–H and O–H groups in total. The van der Waals surface area contributed by atoms with Crippen molar-refractivity contribution in [1.82, 2.24) is 9.97 Å². The highest BCUT2D eigenvalue weighted by atomic mass is 15.0. The Balaban J connectivity index is 2.51. The van der Waals surface area contributed by atoms with Crippen molar-refractivity contribution >= 4 is 5.82 Å². The van der Waals surface area contributed by atoms with E-state index in [1.807, 2.05) is 6.07 Å². The number of aryl methyl sites for hydroxylation is 3. The normalized spacial score (nSPS) is 10.5. The zero-order chi connectivity index (χ0) is 13.8. The Morgan fingerprint density at radius 1 is 1.05 bits per heavy atom. The number of rotatable bonds is 4. The molecule has 0 atom stereocenters. The summed E-state index contributed by atoms with van der Waals surface area (Å²) >= 11 is 0. The van der Waals surface area contributed by atoms with Gasteiger partial charge in [-0.05, 0) is 26.3 Å². The van der Waals surface area contributed by atoms with Crippen LogP contribution in [0.5, 0.6) is 0 Å². The van der Waals surface area contributed by atoms with Gasteiger partial charge in [-0.1, -0.05) is 30.7 Å². The van der Waals surface area contributed by atoms with E-state index in [4.69, 9.17) is 0 Å². The van der Waals surface area contributed by atoms with Crippen molar-refractivity contribution in [1.29, 1.82) is 0 Å². The molecule has 19 heavy (non-hydrogen) atoms. The number of aromatic nitrogens is 2. The summed E-state index contributed by atoms with van der Waals surface area (Å²) < 4.78 is 0. The molecule has 0 unspecified atom stereocenters. The summed E-state index contributed by atoms with van der Waals surface area (Å²) in [5.41, 5.74) is 4.71. The van der Waals surface area contributed by atoms with Gasteiger partial charge in [0.15, 0.2) is 0 Å². The first kappa shape index (κ1) is 13.5. The minimum absolute atomic E-state index is 0.844. The number of benzene rings is 1. The lowest BCUT2D eigenvalue weighted by Crippen LogP contribution is -2.04. The van der Waals surface area contributed by atoms with Crippen LogP contribution in [0.4, 0.5) is 5.82 Å². The topological polar surface area (TPSA) is 37.8 Å². The molecule has 1 heterocycles. The highest BCUT2D eigenvalue weighted by Gasteiger charge is 2.08. The van der Waals surface area contributed by atoms with Crippen molar-refractivity contribution in [3.63, 3.8) is 0 Å². The van der Waals surface area contributed by atoms with Crippen LogP contribution >= 0.6 is 0 Å². The molecule has 0 spiro atoms. The third-order valence-electron chi connectivity index (χ3n) is 3.10. The Morgan fingerprint density at radius 2 is 1.84 bits per heavy atom. The molecule has 2 rings (SSSR count). The molecular formula is C16H21N3. The molecule has 3 nitrogen and oxygen atoms in total. The van der Waals surface area contributed by atoms with Crippen LogP contribution in [0.25, 0.3) is 11.3 Å². The smallest absolute Gasteiger partial charge is 0.131 e. The van der Waals surface area contributed by atoms with E-state index < -0.39 is 0 Å². The van der Waals surface area contributed by atoms with Gasteiger partial charge in [0.25, 0.3) is 0 Å². The number of anilines is 1. The summed E-state index contributed by atoms with van der Waals surface area (Å²) in [6, 6.07) is 8.49. The lowest BCUT2D eigenvalue weighted by atomic mass is 10.0. The molecule has 0 saturated carbocycles. The number of nitrogens with one attached hydrogen (secondary N) is 1. The maximum absolute atomic E-state index is 4.64. The second kappa shape index (κ2) is 5.83. The highest BCUT2D eigenvalue weighted by Crippen LogP contribution is 2.24. The summed E-state index contributed by atoms with van der Waals surface area (Å²) in [6.45, 7) is 9.26. The van der Waals surface area contributed by atoms with Crippen LogP contribution in [0.2, 0.25) is 0 Å². The molecule has 0 saturated heterocycles. The van der Waals surface area contributed by atoms with Gasteiger partial charge in [-0.2, -0.15) is 0 Å². The van der Waals surface area contributed by atoms with E-state index in [1.165, 1.54) is 16.7 Å². The fraction of sp³-hybridized carbons (Fsp3) is 0.375. The first-order chi connectivity index (χ1) is 9.13. The van der Waals surface area contributed by atoms with Crippen molar-refractivity contribution in [2.75, 3.05) is 11.9 Å². The van der Waals surface area contributed by atoms with Gasteiger partial charge in [0.05, 0.1) is 5.69 Å². The largest absolute Gasteiger partial charge is 0.370 e. The van der Waals surface area contributed by atoms with Crippen LogP contribution in [0.15, 0.2) is 24.3 Å². The second-order valence-electron chi connectivity index (χ2n) is 4.76. The molecule has 0 aliphatic carbocycles. The predicted octanol–water partition coefficient (Wildman–Crippen LogP) is 3.75. The molecule has 0 fully saturated rings. The number of hydrogen-bond donors (Lipinski definition) is 1. The van der Waals surface area contributed by atoms with Gasteiger partial charge in [0, 0.05) is 24.6 Å². The van der Waals surface area contributed by atoms with E-state index in [0.717, 1.165) is 30.3 Å². The predicted molar refractivity (Wildman–Crippen MR) is 80.5 cm³/mol. The lowest BCUT2D eigenvalue weighted by molar-refractivity contribution is 0.939. The Labute approximate surface area is 115 Å². The summed E-state index contributed by atoms with van der Waals surface area (Å²) in [5.74, 6) is 1.79. The minimum atomic E-state index is 0.844. The van der Waals surface area contributed by atoms with Gasteiger partial charge in [-0.15, -0.1) is 0 Å². The molecule has 0 amide bonds. The van der Waals surface area contributed by atoms with Crippen molar-refractivity contribution in [2.45, 2.75) is 34.1 Å². The summed E-state index contributed by atoms with van der Waals surface area (Å²) in [4.78, 5) is 9.14. The van der Waals surface area contributed by atoms with Crippen molar-refractivity contribution < 1.29 is 0 Å². The van der Waals surface area contributed by atoms with E-state index in [9.17, 15) is 0 Å². The minimum Gasteiger partial charge on any atom is -0.370 e. The average Bonchev–Trinajstić information content (AvgIpc) is 2.38. The monoisotopic (exact) mass is 255 g/mol. The molecule has 1 aromatic carbocycles. The van der Waals surface area contributed by atoms with Crippen LogP contribution in [0, 0.1) is 13.8 Å². The second-order valence-corrected chi connectivity index (χ2v) is 4.76. The molecular weight excluding hydrogens is 234 g/mol. The molecule has 0 bridgehead atoms. The quantitative estimate of drug-likeness (QED) is 0.904. The van der Waals surface area contributed by atoms with Crippen molar-refractivity contribution in [3.05, 3.63) is 41.2 Å². The zero-order valence-corrected chi connectivity index (χ0v) is 12.1. The van der Waals surface area contributed by atoms with Gasteiger partial charge in [-0.25, -0.2) is 9.97 Å². The van der Waals surface area contributed by atoms with Crippen LogP contribution in [-0.2, 0) is 6.42 Å². The Morgan fingerprint density at radius 3 is 2.47 bits per heavy atom. The number of hydrogen-bond acceptors (Lipinski definition) is 3. The van der Waals surface area contributed by atoms with Crippen LogP contribution < -0.4 is 5.32 Å². The van der Waals surface area contributed by atoms with Gasteiger partial charge in [0.1, 0.15) is 11.6 Å². The van der Waals surface area contributed by atoms with E-state index in [-0.39, 0.29) is 0 Å². The first-order valence-corrected chi connectivity index (χ1v) is 6.83. The first-order valence-electron chi connectivity index (χ1n) is 6.83. The molecule has 0 aliphatic heterocycles. The molecule has 0 radical (unpaired) electrons. The molecule has 3 heteroatoms. The van der Waals surface area contributed by atoms with Gasteiger partial charge >= 0.3 is 0 Å². The molecule has 100 valence electrons. The third-order valence-corrected chi connectivity index (χ3v) is 3.10. The summed E-state index contributed by atoms with van der Waals surface area (Å²) in [5, 5.41) is 3.27. The maximum atomic E-state index is 4.64. The van der Waals surface area contributed by atoms with Gasteiger partial charge in [-0.3, -0.25) is 0 Å². The van der Waals surface area contributed by atoms with Crippen LogP contribution in [0.3, 0.4) is 0 Å². The average molecular weight is 255 g/mol. The SMILES string of the molecule is CCNc1cc(-c2ccc(C)cc2C)nc(CC)n1. The Bertz CT molecular complexity index is 576. The lowest BCUT2D eigenvalue weighted by Gasteiger charge is -2.10. The van der Waals surface area contributed by atoms with E-state index in [1.54, 1.807) is 0 Å². The van der Waals surface area contributed by atoms with Crippen LogP contribution in [-0.4, -0.2) is 16.5 Å². The van der Waals surface area contributed by atoms with Crippen molar-refractivity contribution in [2.24, 2.45) is 0 Å². The Kier molecular flexibility index (Phi) is 4.15. The fourth-order valence-corrected chi connectivity index (χ4v) is 2.17. The fourth-order valence-electron chi connectivity index (χ4n) is 2.17. The molecule has 2 aromatic rings. The summed E-state index contributed by atoms with van der Waals surface area (Å²) in [6.07, 6.45) is 0.844. The maximum Gasteiger partial charge on any atom is 0.131 e. The van der Waals surface area contributed by atoms with Gasteiger partial charge in [0.2, 0.25) is 0 Å². The van der Waals surface area contributed by atoms with E-state index in [2.05, 4.69) is 61.2 Å². The Hall–Kier alpha value is -1.90. The standard InChI is InChI=1S/C16H21N3/c1-5-15-18-14(10-16(19-15)17-6-2)13-8-7-11(3)9-12(13)4/h7-10H,5-6H2,1-4H3,(H,17,18,19).